The van der Waals surface area contributed by atoms with E-state index in [9.17, 15) is 0 Å². The molecule has 0 bridgehead atoms. The van der Waals surface area contributed by atoms with E-state index in [4.69, 9.17) is 0 Å². The van der Waals surface area contributed by atoms with Crippen LogP contribution in [0, 0.1) is 13.5 Å². The zero-order valence-electron chi connectivity index (χ0n) is 11.4. The average Bonchev–Trinajstić information content (AvgIpc) is 2.94. The predicted molar refractivity (Wildman–Crippen MR) is 84.0 cm³/mol. The molecule has 3 aromatic rings. The predicted octanol–water partition coefficient (Wildman–Crippen LogP) is 3.84. The zero-order valence-corrected chi connectivity index (χ0v) is 11.4. The van der Waals surface area contributed by atoms with Gasteiger partial charge in [-0.3, -0.25) is 0 Å². The van der Waals surface area contributed by atoms with Crippen molar-refractivity contribution < 1.29 is 0 Å². The van der Waals surface area contributed by atoms with Gasteiger partial charge >= 0.3 is 0 Å². The largest absolute Gasteiger partial charge is 0.361 e. The van der Waals surface area contributed by atoms with Crippen LogP contribution in [-0.2, 0) is 13.0 Å². The first-order valence-electron chi connectivity index (χ1n) is 6.84. The topological polar surface area (TPSA) is 27.8 Å². The molecule has 3 rings (SSSR count). The summed E-state index contributed by atoms with van der Waals surface area (Å²) < 4.78 is 0. The molecule has 0 fully saturated rings. The van der Waals surface area contributed by atoms with Gasteiger partial charge in [-0.1, -0.05) is 30.3 Å². The van der Waals surface area contributed by atoms with E-state index in [0.29, 0.717) is 0 Å². The van der Waals surface area contributed by atoms with E-state index in [0.717, 1.165) is 13.0 Å². The highest BCUT2D eigenvalue weighted by atomic mass is 14.8. The molecule has 2 aromatic carbocycles. The summed E-state index contributed by atoms with van der Waals surface area (Å²) in [5.41, 5.74) is 5.21. The average molecular weight is 262 g/mol. The number of benzene rings is 2. The first kappa shape index (κ1) is 12.9. The van der Waals surface area contributed by atoms with Gasteiger partial charge in [0.2, 0.25) is 0 Å². The van der Waals surface area contributed by atoms with Crippen LogP contribution in [-0.4, -0.2) is 4.98 Å². The third-order valence-corrected chi connectivity index (χ3v) is 3.57. The zero-order chi connectivity index (χ0) is 13.8. The molecule has 100 valence electrons. The summed E-state index contributed by atoms with van der Waals surface area (Å²) in [4.78, 5) is 3.23. The number of rotatable bonds is 5. The summed E-state index contributed by atoms with van der Waals surface area (Å²) in [5, 5.41) is 4.44. The number of hydrogen-bond acceptors (Lipinski definition) is 1. The number of hydrogen-bond donors (Lipinski definition) is 2. The van der Waals surface area contributed by atoms with Gasteiger partial charge in [0.05, 0.1) is 0 Å². The van der Waals surface area contributed by atoms with Crippen molar-refractivity contribution >= 4 is 10.9 Å². The molecule has 0 amide bonds. The summed E-state index contributed by atoms with van der Waals surface area (Å²) >= 11 is 0. The number of fused-ring (bicyclic) bond motifs is 1. The van der Waals surface area contributed by atoms with Crippen LogP contribution in [0.5, 0.6) is 0 Å². The first-order valence-corrected chi connectivity index (χ1v) is 6.84. The third kappa shape index (κ3) is 2.75. The van der Waals surface area contributed by atoms with Crippen molar-refractivity contribution in [3.8, 4) is 0 Å². The summed E-state index contributed by atoms with van der Waals surface area (Å²) in [6, 6.07) is 17.3. The maximum atomic E-state index is 3.70. The fourth-order valence-corrected chi connectivity index (χ4v) is 2.52. The molecule has 0 aliphatic carbocycles. The summed E-state index contributed by atoms with van der Waals surface area (Å²) in [5.74, 6) is 0. The van der Waals surface area contributed by atoms with Crippen LogP contribution in [0.3, 0.4) is 0 Å². The van der Waals surface area contributed by atoms with Crippen LogP contribution in [0.25, 0.3) is 10.9 Å². The Labute approximate surface area is 119 Å². The number of aromatic nitrogens is 1. The standard InChI is InChI=1S/C18H18N2/c1-2-19-13-17-6-4-3-5-15(17)11-14-7-8-18-16(12-14)9-10-20-18/h2-10,12,19-20H,1,11,13H2. The Morgan fingerprint density at radius 2 is 1.90 bits per heavy atom. The van der Waals surface area contributed by atoms with Crippen molar-refractivity contribution in [1.29, 1.82) is 0 Å². The molecule has 0 atom stereocenters. The van der Waals surface area contributed by atoms with Gasteiger partial charge in [0, 0.05) is 24.8 Å². The van der Waals surface area contributed by atoms with Crippen molar-refractivity contribution in [3.05, 3.63) is 84.9 Å². The minimum absolute atomic E-state index is 0.825. The quantitative estimate of drug-likeness (QED) is 0.718. The molecule has 2 nitrogen and oxygen atoms in total. The van der Waals surface area contributed by atoms with E-state index in [1.165, 1.54) is 27.6 Å². The molecule has 1 aromatic heterocycles. The normalized spacial score (nSPS) is 11.1. The van der Waals surface area contributed by atoms with Crippen molar-refractivity contribution in [3.63, 3.8) is 0 Å². The fraction of sp³-hybridized carbons (Fsp3) is 0.111. The lowest BCUT2D eigenvalue weighted by Crippen LogP contribution is -2.09. The number of aromatic amines is 1. The van der Waals surface area contributed by atoms with Gasteiger partial charge in [0.1, 0.15) is 0 Å². The fourth-order valence-electron chi connectivity index (χ4n) is 2.52. The maximum absolute atomic E-state index is 3.70. The smallest absolute Gasteiger partial charge is 0.0454 e. The SMILES string of the molecule is [CH2][CH]NCc1ccccc1Cc1ccc2[nH]ccc2c1. The van der Waals surface area contributed by atoms with Crippen LogP contribution >= 0.6 is 0 Å². The van der Waals surface area contributed by atoms with Crippen LogP contribution in [0.1, 0.15) is 16.7 Å². The number of H-pyrrole nitrogens is 1. The minimum atomic E-state index is 0.825. The lowest BCUT2D eigenvalue weighted by molar-refractivity contribution is 0.816. The second-order valence-corrected chi connectivity index (χ2v) is 4.93. The van der Waals surface area contributed by atoms with Crippen molar-refractivity contribution in [2.45, 2.75) is 13.0 Å². The van der Waals surface area contributed by atoms with Gasteiger partial charge in [0.15, 0.2) is 0 Å². The van der Waals surface area contributed by atoms with Gasteiger partial charge in [0.25, 0.3) is 0 Å². The van der Waals surface area contributed by atoms with Crippen LogP contribution in [0.4, 0.5) is 0 Å². The van der Waals surface area contributed by atoms with E-state index in [1.807, 2.05) is 6.20 Å². The molecule has 0 saturated heterocycles. The molecule has 2 N–H and O–H groups in total. The monoisotopic (exact) mass is 262 g/mol. The third-order valence-electron chi connectivity index (χ3n) is 3.57. The van der Waals surface area contributed by atoms with Gasteiger partial charge in [-0.05, 0) is 53.6 Å². The van der Waals surface area contributed by atoms with Gasteiger partial charge in [-0.2, -0.15) is 0 Å². The molecular weight excluding hydrogens is 244 g/mol. The lowest BCUT2D eigenvalue weighted by atomic mass is 9.99. The second kappa shape index (κ2) is 5.93. The van der Waals surface area contributed by atoms with E-state index in [2.05, 4.69) is 65.8 Å². The molecule has 20 heavy (non-hydrogen) atoms. The van der Waals surface area contributed by atoms with Crippen LogP contribution < -0.4 is 5.32 Å². The van der Waals surface area contributed by atoms with E-state index >= 15 is 0 Å². The Hall–Kier alpha value is -2.06. The lowest BCUT2D eigenvalue weighted by Gasteiger charge is -2.10. The van der Waals surface area contributed by atoms with Gasteiger partial charge in [-0.15, -0.1) is 0 Å². The molecule has 2 heteroatoms. The maximum Gasteiger partial charge on any atom is 0.0454 e. The highest BCUT2D eigenvalue weighted by Gasteiger charge is 2.04. The van der Waals surface area contributed by atoms with Crippen LogP contribution in [0.15, 0.2) is 54.7 Å². The van der Waals surface area contributed by atoms with Gasteiger partial charge < -0.3 is 10.3 Å². The Bertz CT molecular complexity index is 697. The summed E-state index contributed by atoms with van der Waals surface area (Å²) in [6.45, 7) is 6.27. The van der Waals surface area contributed by atoms with E-state index < -0.39 is 0 Å². The van der Waals surface area contributed by atoms with Crippen molar-refractivity contribution in [2.75, 3.05) is 0 Å². The molecule has 0 aliphatic heterocycles. The molecule has 0 spiro atoms. The van der Waals surface area contributed by atoms with Crippen LogP contribution in [0.2, 0.25) is 0 Å². The highest BCUT2D eigenvalue weighted by molar-refractivity contribution is 5.80. The Kier molecular flexibility index (Phi) is 3.84. The summed E-state index contributed by atoms with van der Waals surface area (Å²) in [6.07, 6.45) is 2.94. The molecule has 0 saturated carbocycles. The Morgan fingerprint density at radius 3 is 2.75 bits per heavy atom. The Balaban J connectivity index is 1.86. The molecule has 2 radical (unpaired) electrons. The van der Waals surface area contributed by atoms with E-state index in [-0.39, 0.29) is 0 Å². The molecule has 1 heterocycles. The molecular formula is C18H18N2. The number of nitrogens with one attached hydrogen (secondary N) is 2. The molecule has 0 unspecified atom stereocenters. The Morgan fingerprint density at radius 1 is 1.05 bits per heavy atom. The molecule has 0 aliphatic rings. The minimum Gasteiger partial charge on any atom is -0.361 e. The first-order chi connectivity index (χ1) is 9.86. The summed E-state index contributed by atoms with van der Waals surface area (Å²) in [7, 11) is 0. The van der Waals surface area contributed by atoms with Gasteiger partial charge in [-0.25, -0.2) is 0 Å². The van der Waals surface area contributed by atoms with Crippen molar-refractivity contribution in [2.24, 2.45) is 0 Å². The highest BCUT2D eigenvalue weighted by Crippen LogP contribution is 2.19. The second-order valence-electron chi connectivity index (χ2n) is 4.93. The van der Waals surface area contributed by atoms with Crippen molar-refractivity contribution in [1.82, 2.24) is 10.3 Å². The van der Waals surface area contributed by atoms with E-state index in [1.54, 1.807) is 6.54 Å².